The van der Waals surface area contributed by atoms with E-state index in [1.54, 1.807) is 6.92 Å². The van der Waals surface area contributed by atoms with Gasteiger partial charge in [-0.1, -0.05) is 10.3 Å². The summed E-state index contributed by atoms with van der Waals surface area (Å²) in [6.45, 7) is 1.92. The van der Waals surface area contributed by atoms with E-state index in [9.17, 15) is 9.59 Å². The standard InChI is InChI=1S/C8H7BrN4O3/c1-4-6(12-16-11-4)3-13-2-5(9)7(14)10-8(13)15/h2H,3H2,1H3,(H,10,14,15). The van der Waals surface area contributed by atoms with Crippen molar-refractivity contribution >= 4 is 15.9 Å². The van der Waals surface area contributed by atoms with Crippen LogP contribution in [0.1, 0.15) is 11.4 Å². The van der Waals surface area contributed by atoms with Crippen molar-refractivity contribution in [2.75, 3.05) is 0 Å². The molecule has 7 nitrogen and oxygen atoms in total. The molecule has 0 aliphatic heterocycles. The number of nitrogens with zero attached hydrogens (tertiary/aromatic N) is 3. The summed E-state index contributed by atoms with van der Waals surface area (Å²) < 4.78 is 6.09. The quantitative estimate of drug-likeness (QED) is 0.841. The fourth-order valence-corrected chi connectivity index (χ4v) is 1.50. The lowest BCUT2D eigenvalue weighted by Gasteiger charge is -2.02. The molecule has 0 saturated carbocycles. The second kappa shape index (κ2) is 4.05. The molecule has 0 unspecified atom stereocenters. The highest BCUT2D eigenvalue weighted by Crippen LogP contribution is 2.03. The van der Waals surface area contributed by atoms with Crippen molar-refractivity contribution in [3.05, 3.63) is 42.9 Å². The van der Waals surface area contributed by atoms with Crippen LogP contribution in [-0.4, -0.2) is 19.9 Å². The highest BCUT2D eigenvalue weighted by atomic mass is 79.9. The molecule has 0 spiro atoms. The number of aromatic amines is 1. The Balaban J connectivity index is 2.43. The highest BCUT2D eigenvalue weighted by Gasteiger charge is 2.08. The lowest BCUT2D eigenvalue weighted by Crippen LogP contribution is -2.30. The van der Waals surface area contributed by atoms with E-state index in [4.69, 9.17) is 0 Å². The van der Waals surface area contributed by atoms with Crippen LogP contribution in [0.25, 0.3) is 0 Å². The molecule has 0 saturated heterocycles. The Kier molecular flexibility index (Phi) is 2.73. The number of aryl methyl sites for hydroxylation is 1. The minimum Gasteiger partial charge on any atom is -0.293 e. The number of nitrogens with one attached hydrogen (secondary N) is 1. The normalized spacial score (nSPS) is 10.6. The summed E-state index contributed by atoms with van der Waals surface area (Å²) in [6, 6.07) is 0. The highest BCUT2D eigenvalue weighted by molar-refractivity contribution is 9.10. The Morgan fingerprint density at radius 2 is 2.25 bits per heavy atom. The van der Waals surface area contributed by atoms with Crippen LogP contribution in [-0.2, 0) is 6.54 Å². The summed E-state index contributed by atoms with van der Waals surface area (Å²) in [6.07, 6.45) is 1.40. The Bertz CT molecular complexity index is 627. The molecule has 0 amide bonds. The third kappa shape index (κ3) is 1.96. The van der Waals surface area contributed by atoms with Crippen molar-refractivity contribution in [2.45, 2.75) is 13.5 Å². The Morgan fingerprint density at radius 1 is 1.50 bits per heavy atom. The van der Waals surface area contributed by atoms with Crippen molar-refractivity contribution in [2.24, 2.45) is 0 Å². The van der Waals surface area contributed by atoms with Gasteiger partial charge in [0, 0.05) is 6.20 Å². The molecular formula is C8H7BrN4O3. The molecule has 0 atom stereocenters. The largest absolute Gasteiger partial charge is 0.328 e. The zero-order chi connectivity index (χ0) is 11.7. The van der Waals surface area contributed by atoms with Gasteiger partial charge in [0.2, 0.25) is 0 Å². The van der Waals surface area contributed by atoms with E-state index in [1.807, 2.05) is 0 Å². The maximum absolute atomic E-state index is 11.4. The minimum absolute atomic E-state index is 0.198. The molecule has 0 radical (unpaired) electrons. The van der Waals surface area contributed by atoms with Gasteiger partial charge in [-0.05, 0) is 22.9 Å². The summed E-state index contributed by atoms with van der Waals surface area (Å²) in [4.78, 5) is 24.7. The van der Waals surface area contributed by atoms with Gasteiger partial charge in [0.15, 0.2) is 0 Å². The molecule has 0 aromatic carbocycles. The van der Waals surface area contributed by atoms with Gasteiger partial charge >= 0.3 is 5.69 Å². The molecule has 0 bridgehead atoms. The molecule has 8 heteroatoms. The molecule has 0 aliphatic rings. The molecule has 2 heterocycles. The van der Waals surface area contributed by atoms with Crippen molar-refractivity contribution < 1.29 is 4.63 Å². The smallest absolute Gasteiger partial charge is 0.293 e. The average Bonchev–Trinajstić information content (AvgIpc) is 2.61. The number of halogens is 1. The van der Waals surface area contributed by atoms with Crippen molar-refractivity contribution in [3.8, 4) is 0 Å². The summed E-state index contributed by atoms with van der Waals surface area (Å²) in [7, 11) is 0. The van der Waals surface area contributed by atoms with Gasteiger partial charge in [0.05, 0.1) is 11.0 Å². The molecule has 0 fully saturated rings. The number of hydrogen-bond acceptors (Lipinski definition) is 5. The molecule has 2 aromatic heterocycles. The van der Waals surface area contributed by atoms with Gasteiger partial charge in [0.25, 0.3) is 5.56 Å². The number of rotatable bonds is 2. The van der Waals surface area contributed by atoms with E-state index in [2.05, 4.69) is 35.9 Å². The topological polar surface area (TPSA) is 93.8 Å². The molecule has 0 aliphatic carbocycles. The zero-order valence-electron chi connectivity index (χ0n) is 8.23. The van der Waals surface area contributed by atoms with Crippen LogP contribution in [0.4, 0.5) is 0 Å². The van der Waals surface area contributed by atoms with Crippen molar-refractivity contribution in [3.63, 3.8) is 0 Å². The molecule has 1 N–H and O–H groups in total. The summed E-state index contributed by atoms with van der Waals surface area (Å²) in [5.74, 6) is 0. The fourth-order valence-electron chi connectivity index (χ4n) is 1.15. The number of aromatic nitrogens is 4. The second-order valence-electron chi connectivity index (χ2n) is 3.16. The first-order valence-corrected chi connectivity index (χ1v) is 5.14. The summed E-state index contributed by atoms with van der Waals surface area (Å²) >= 11 is 3.04. The Morgan fingerprint density at radius 3 is 2.88 bits per heavy atom. The predicted octanol–water partition coefficient (Wildman–Crippen LogP) is 0.0388. The number of H-pyrrole nitrogens is 1. The van der Waals surface area contributed by atoms with E-state index in [0.29, 0.717) is 11.4 Å². The maximum atomic E-state index is 11.4. The predicted molar refractivity (Wildman–Crippen MR) is 57.2 cm³/mol. The fraction of sp³-hybridized carbons (Fsp3) is 0.250. The first-order valence-electron chi connectivity index (χ1n) is 4.35. The monoisotopic (exact) mass is 286 g/mol. The van der Waals surface area contributed by atoms with E-state index in [-0.39, 0.29) is 11.0 Å². The van der Waals surface area contributed by atoms with Crippen LogP contribution in [0.3, 0.4) is 0 Å². The van der Waals surface area contributed by atoms with Crippen LogP contribution in [0.5, 0.6) is 0 Å². The van der Waals surface area contributed by atoms with Gasteiger partial charge in [0.1, 0.15) is 11.4 Å². The third-order valence-electron chi connectivity index (χ3n) is 2.03. The van der Waals surface area contributed by atoms with Gasteiger partial charge in [-0.25, -0.2) is 9.42 Å². The van der Waals surface area contributed by atoms with E-state index >= 15 is 0 Å². The van der Waals surface area contributed by atoms with Gasteiger partial charge in [-0.3, -0.25) is 14.3 Å². The lowest BCUT2D eigenvalue weighted by molar-refractivity contribution is 0.300. The maximum Gasteiger partial charge on any atom is 0.328 e. The van der Waals surface area contributed by atoms with Gasteiger partial charge in [-0.2, -0.15) is 0 Å². The molecule has 2 rings (SSSR count). The van der Waals surface area contributed by atoms with E-state index in [0.717, 1.165) is 0 Å². The number of hydrogen-bond donors (Lipinski definition) is 1. The lowest BCUT2D eigenvalue weighted by atomic mass is 10.3. The molecule has 16 heavy (non-hydrogen) atoms. The van der Waals surface area contributed by atoms with Crippen LogP contribution in [0, 0.1) is 6.92 Å². The Labute approximate surface area is 97.2 Å². The first kappa shape index (κ1) is 10.8. The summed E-state index contributed by atoms with van der Waals surface area (Å²) in [5, 5.41) is 7.25. The van der Waals surface area contributed by atoms with Crippen LogP contribution in [0.2, 0.25) is 0 Å². The molecule has 84 valence electrons. The average molecular weight is 287 g/mol. The first-order chi connectivity index (χ1) is 7.58. The van der Waals surface area contributed by atoms with Crippen LogP contribution < -0.4 is 11.2 Å². The minimum atomic E-state index is -0.504. The second-order valence-corrected chi connectivity index (χ2v) is 4.01. The van der Waals surface area contributed by atoms with E-state index < -0.39 is 11.2 Å². The van der Waals surface area contributed by atoms with Gasteiger partial charge in [-0.15, -0.1) is 0 Å². The van der Waals surface area contributed by atoms with Crippen LogP contribution >= 0.6 is 15.9 Å². The Hall–Kier alpha value is -1.70. The molecule has 2 aromatic rings. The van der Waals surface area contributed by atoms with Gasteiger partial charge < -0.3 is 0 Å². The van der Waals surface area contributed by atoms with E-state index in [1.165, 1.54) is 10.8 Å². The van der Waals surface area contributed by atoms with Crippen molar-refractivity contribution in [1.82, 2.24) is 19.9 Å². The molecular weight excluding hydrogens is 280 g/mol. The SMILES string of the molecule is Cc1nonc1Cn1cc(Br)c(=O)[nH]c1=O. The van der Waals surface area contributed by atoms with Crippen molar-refractivity contribution in [1.29, 1.82) is 0 Å². The summed E-state index contributed by atoms with van der Waals surface area (Å²) in [5.41, 5.74) is 0.183. The zero-order valence-corrected chi connectivity index (χ0v) is 9.81. The third-order valence-corrected chi connectivity index (χ3v) is 2.60. The van der Waals surface area contributed by atoms with Crippen LogP contribution in [0.15, 0.2) is 24.9 Å².